The maximum absolute atomic E-state index is 6.14. The lowest BCUT2D eigenvalue weighted by molar-refractivity contribution is 0.247. The lowest BCUT2D eigenvalue weighted by Gasteiger charge is -2.43. The first-order chi connectivity index (χ1) is 10.1. The van der Waals surface area contributed by atoms with E-state index >= 15 is 0 Å². The fraction of sp³-hybridized carbons (Fsp3) is 0.647. The molecule has 0 spiro atoms. The summed E-state index contributed by atoms with van der Waals surface area (Å²) in [7, 11) is 0. The summed E-state index contributed by atoms with van der Waals surface area (Å²) in [5.74, 6) is 2.20. The highest BCUT2D eigenvalue weighted by Crippen LogP contribution is 2.52. The zero-order valence-corrected chi connectivity index (χ0v) is 14.5. The Morgan fingerprint density at radius 2 is 1.86 bits per heavy atom. The molecule has 0 unspecified atom stereocenters. The topological polar surface area (TPSA) is 44.5 Å². The summed E-state index contributed by atoms with van der Waals surface area (Å²) in [5, 5.41) is 0. The van der Waals surface area contributed by atoms with Crippen molar-refractivity contribution in [1.29, 1.82) is 0 Å². The van der Waals surface area contributed by atoms with Crippen LogP contribution in [0.4, 0.5) is 0 Å². The maximum Gasteiger partial charge on any atom is 0.175 e. The predicted octanol–water partition coefficient (Wildman–Crippen LogP) is 4.11. The Bertz CT molecular complexity index is 533. The maximum atomic E-state index is 6.14. The van der Waals surface area contributed by atoms with Gasteiger partial charge in [-0.15, -0.1) is 0 Å². The van der Waals surface area contributed by atoms with Crippen LogP contribution >= 0.6 is 15.9 Å². The molecule has 1 aliphatic heterocycles. The van der Waals surface area contributed by atoms with Gasteiger partial charge in [0.2, 0.25) is 0 Å². The van der Waals surface area contributed by atoms with Crippen LogP contribution < -0.4 is 15.2 Å². The highest BCUT2D eigenvalue weighted by atomic mass is 79.9. The number of hydrogen-bond donors (Lipinski definition) is 1. The SMILES string of the molecule is CC(C)c1c(C2(CN)CCC2)cc(Br)c2c1OCCCO2. The molecular weight excluding hydrogens is 330 g/mol. The Hall–Kier alpha value is -0.740. The molecule has 1 fully saturated rings. The molecule has 0 saturated heterocycles. The van der Waals surface area contributed by atoms with Gasteiger partial charge in [-0.25, -0.2) is 0 Å². The molecule has 2 aliphatic rings. The van der Waals surface area contributed by atoms with Crippen molar-refractivity contribution >= 4 is 15.9 Å². The van der Waals surface area contributed by atoms with Crippen molar-refractivity contribution in [2.75, 3.05) is 19.8 Å². The van der Waals surface area contributed by atoms with Gasteiger partial charge in [-0.2, -0.15) is 0 Å². The van der Waals surface area contributed by atoms with Gasteiger partial charge >= 0.3 is 0 Å². The first-order valence-corrected chi connectivity index (χ1v) is 8.71. The van der Waals surface area contributed by atoms with Crippen molar-refractivity contribution in [1.82, 2.24) is 0 Å². The first kappa shape index (κ1) is 15.2. The van der Waals surface area contributed by atoms with Gasteiger partial charge in [-0.1, -0.05) is 20.3 Å². The Morgan fingerprint density at radius 1 is 1.19 bits per heavy atom. The fourth-order valence-corrected chi connectivity index (χ4v) is 4.03. The second kappa shape index (κ2) is 5.81. The van der Waals surface area contributed by atoms with Crippen LogP contribution in [0.3, 0.4) is 0 Å². The molecule has 0 atom stereocenters. The minimum atomic E-state index is 0.132. The molecule has 3 nitrogen and oxygen atoms in total. The zero-order chi connectivity index (χ0) is 15.0. The highest BCUT2D eigenvalue weighted by Gasteiger charge is 2.41. The minimum Gasteiger partial charge on any atom is -0.489 e. The summed E-state index contributed by atoms with van der Waals surface area (Å²) >= 11 is 3.68. The molecule has 1 aromatic rings. The van der Waals surface area contributed by atoms with Gasteiger partial charge in [0, 0.05) is 23.9 Å². The number of halogens is 1. The van der Waals surface area contributed by atoms with Gasteiger partial charge in [0.25, 0.3) is 0 Å². The Labute approximate surface area is 135 Å². The van der Waals surface area contributed by atoms with E-state index in [0.717, 1.165) is 29.0 Å². The summed E-state index contributed by atoms with van der Waals surface area (Å²) in [6.45, 7) is 6.59. The fourth-order valence-electron chi connectivity index (χ4n) is 3.51. The number of fused-ring (bicyclic) bond motifs is 1. The minimum absolute atomic E-state index is 0.132. The summed E-state index contributed by atoms with van der Waals surface area (Å²) in [5.41, 5.74) is 8.93. The van der Waals surface area contributed by atoms with Crippen LogP contribution in [0.5, 0.6) is 11.5 Å². The highest BCUT2D eigenvalue weighted by molar-refractivity contribution is 9.10. The molecule has 116 valence electrons. The molecule has 0 bridgehead atoms. The predicted molar refractivity (Wildman–Crippen MR) is 88.4 cm³/mol. The quantitative estimate of drug-likeness (QED) is 0.888. The molecule has 1 saturated carbocycles. The molecule has 2 N–H and O–H groups in total. The van der Waals surface area contributed by atoms with E-state index < -0.39 is 0 Å². The van der Waals surface area contributed by atoms with E-state index in [9.17, 15) is 0 Å². The second-order valence-electron chi connectivity index (χ2n) is 6.52. The number of benzene rings is 1. The van der Waals surface area contributed by atoms with Crippen molar-refractivity contribution in [2.24, 2.45) is 5.73 Å². The van der Waals surface area contributed by atoms with Crippen molar-refractivity contribution in [2.45, 2.75) is 50.9 Å². The van der Waals surface area contributed by atoms with Gasteiger partial charge in [-0.3, -0.25) is 0 Å². The van der Waals surface area contributed by atoms with Crippen LogP contribution in [0.25, 0.3) is 0 Å². The van der Waals surface area contributed by atoms with Crippen LogP contribution in [0, 0.1) is 0 Å². The summed E-state index contributed by atoms with van der Waals surface area (Å²) in [6, 6.07) is 2.23. The third-order valence-electron chi connectivity index (χ3n) is 4.86. The molecule has 1 aliphatic carbocycles. The second-order valence-corrected chi connectivity index (χ2v) is 7.38. The zero-order valence-electron chi connectivity index (χ0n) is 12.9. The van der Waals surface area contributed by atoms with Crippen LogP contribution in [-0.2, 0) is 5.41 Å². The van der Waals surface area contributed by atoms with E-state index in [1.807, 2.05) is 0 Å². The summed E-state index contributed by atoms with van der Waals surface area (Å²) < 4.78 is 13.0. The third kappa shape index (κ3) is 2.46. The molecule has 0 radical (unpaired) electrons. The van der Waals surface area contributed by atoms with Crippen LogP contribution in [0.1, 0.15) is 56.6 Å². The van der Waals surface area contributed by atoms with E-state index in [2.05, 4.69) is 35.8 Å². The van der Waals surface area contributed by atoms with Gasteiger partial charge < -0.3 is 15.2 Å². The largest absolute Gasteiger partial charge is 0.489 e. The van der Waals surface area contributed by atoms with Crippen LogP contribution in [0.2, 0.25) is 0 Å². The number of ether oxygens (including phenoxy) is 2. The smallest absolute Gasteiger partial charge is 0.175 e. The van der Waals surface area contributed by atoms with Crippen LogP contribution in [-0.4, -0.2) is 19.8 Å². The number of rotatable bonds is 3. The summed E-state index contributed by atoms with van der Waals surface area (Å²) in [6.07, 6.45) is 4.54. The van der Waals surface area contributed by atoms with Crippen molar-refractivity contribution < 1.29 is 9.47 Å². The Morgan fingerprint density at radius 3 is 2.38 bits per heavy atom. The number of hydrogen-bond acceptors (Lipinski definition) is 3. The molecule has 4 heteroatoms. The standard InChI is InChI=1S/C17H24BrNO2/c1-11(2)14-12(17(10-19)5-3-6-17)9-13(18)15-16(14)21-8-4-7-20-15/h9,11H,3-8,10,19H2,1-2H3. The molecule has 1 heterocycles. The van der Waals surface area contributed by atoms with Gasteiger partial charge in [-0.05, 0) is 46.3 Å². The molecule has 0 aromatic heterocycles. The molecule has 21 heavy (non-hydrogen) atoms. The normalized spacial score (nSPS) is 20.0. The number of nitrogens with two attached hydrogens (primary N) is 1. The first-order valence-electron chi connectivity index (χ1n) is 7.91. The Kier molecular flexibility index (Phi) is 4.19. The molecule has 0 amide bonds. The third-order valence-corrected chi connectivity index (χ3v) is 5.45. The van der Waals surface area contributed by atoms with Crippen LogP contribution in [0.15, 0.2) is 10.5 Å². The monoisotopic (exact) mass is 353 g/mol. The van der Waals surface area contributed by atoms with E-state index in [-0.39, 0.29) is 5.41 Å². The molecular formula is C17H24BrNO2. The lowest BCUT2D eigenvalue weighted by atomic mass is 9.62. The van der Waals surface area contributed by atoms with Gasteiger partial charge in [0.1, 0.15) is 0 Å². The summed E-state index contributed by atoms with van der Waals surface area (Å²) in [4.78, 5) is 0. The van der Waals surface area contributed by atoms with Crippen molar-refractivity contribution in [3.63, 3.8) is 0 Å². The van der Waals surface area contributed by atoms with E-state index in [1.54, 1.807) is 0 Å². The Balaban J connectivity index is 2.20. The van der Waals surface area contributed by atoms with Crippen molar-refractivity contribution in [3.05, 3.63) is 21.7 Å². The molecule has 1 aromatic carbocycles. The van der Waals surface area contributed by atoms with E-state index in [1.165, 1.54) is 30.4 Å². The van der Waals surface area contributed by atoms with Crippen molar-refractivity contribution in [3.8, 4) is 11.5 Å². The lowest BCUT2D eigenvalue weighted by Crippen LogP contribution is -2.42. The molecule has 3 rings (SSSR count). The van der Waals surface area contributed by atoms with Gasteiger partial charge in [0.15, 0.2) is 11.5 Å². The van der Waals surface area contributed by atoms with Gasteiger partial charge in [0.05, 0.1) is 17.7 Å². The average molecular weight is 354 g/mol. The van der Waals surface area contributed by atoms with E-state index in [4.69, 9.17) is 15.2 Å². The average Bonchev–Trinajstić information content (AvgIpc) is 2.64. The van der Waals surface area contributed by atoms with E-state index in [0.29, 0.717) is 19.1 Å².